The normalized spacial score (nSPS) is 10.3. The summed E-state index contributed by atoms with van der Waals surface area (Å²) in [6, 6.07) is 9.47. The average molecular weight is 287 g/mol. The molecule has 1 amide bonds. The minimum atomic E-state index is -0.206. The number of rotatable bonds is 4. The molecule has 0 spiro atoms. The molecule has 0 radical (unpaired) electrons. The van der Waals surface area contributed by atoms with E-state index in [0.29, 0.717) is 11.5 Å². The third-order valence-electron chi connectivity index (χ3n) is 2.63. The first-order valence-corrected chi connectivity index (χ1v) is 7.44. The van der Waals surface area contributed by atoms with Crippen molar-refractivity contribution >= 4 is 23.4 Å². The van der Waals surface area contributed by atoms with E-state index in [1.54, 1.807) is 24.8 Å². The van der Waals surface area contributed by atoms with Gasteiger partial charge in [-0.1, -0.05) is 19.1 Å². The molecule has 0 unspecified atom stereocenters. The maximum absolute atomic E-state index is 12.3. The van der Waals surface area contributed by atoms with Crippen LogP contribution in [0.25, 0.3) is 0 Å². The van der Waals surface area contributed by atoms with Gasteiger partial charge in [0, 0.05) is 10.6 Å². The van der Waals surface area contributed by atoms with E-state index in [1.165, 1.54) is 0 Å². The van der Waals surface area contributed by atoms with Gasteiger partial charge in [0.15, 0.2) is 0 Å². The SMILES string of the molecule is CCSc1ccccc1NC(=O)c1cc(C)nc(C)n1. The lowest BCUT2D eigenvalue weighted by molar-refractivity contribution is 0.102. The van der Waals surface area contributed by atoms with Gasteiger partial charge in [-0.15, -0.1) is 11.8 Å². The second-order valence-electron chi connectivity index (χ2n) is 4.33. The second-order valence-corrected chi connectivity index (χ2v) is 5.63. The van der Waals surface area contributed by atoms with Crippen LogP contribution in [0.2, 0.25) is 0 Å². The van der Waals surface area contributed by atoms with Crippen molar-refractivity contribution in [2.45, 2.75) is 25.7 Å². The standard InChI is InChI=1S/C15H17N3OS/c1-4-20-14-8-6-5-7-12(14)18-15(19)13-9-10(2)16-11(3)17-13/h5-9H,4H2,1-3H3,(H,18,19). The Morgan fingerprint density at radius 1 is 1.25 bits per heavy atom. The van der Waals surface area contributed by atoms with Crippen molar-refractivity contribution in [2.75, 3.05) is 11.1 Å². The van der Waals surface area contributed by atoms with Gasteiger partial charge in [-0.2, -0.15) is 0 Å². The number of hydrogen-bond donors (Lipinski definition) is 1. The first-order chi connectivity index (χ1) is 9.60. The molecule has 0 aliphatic rings. The Hall–Kier alpha value is -1.88. The van der Waals surface area contributed by atoms with Crippen LogP contribution in [-0.2, 0) is 0 Å². The van der Waals surface area contributed by atoms with Gasteiger partial charge in [0.1, 0.15) is 11.5 Å². The second kappa shape index (κ2) is 6.52. The van der Waals surface area contributed by atoms with Crippen LogP contribution in [0, 0.1) is 13.8 Å². The summed E-state index contributed by atoms with van der Waals surface area (Å²) in [5.41, 5.74) is 2.00. The minimum absolute atomic E-state index is 0.206. The number of benzene rings is 1. The molecule has 20 heavy (non-hydrogen) atoms. The lowest BCUT2D eigenvalue weighted by Crippen LogP contribution is -2.15. The third-order valence-corrected chi connectivity index (χ3v) is 3.59. The van der Waals surface area contributed by atoms with Gasteiger partial charge in [-0.3, -0.25) is 4.79 Å². The Balaban J connectivity index is 2.23. The number of aromatic nitrogens is 2. The molecule has 0 aliphatic carbocycles. The predicted molar refractivity (Wildman–Crippen MR) is 82.3 cm³/mol. The zero-order chi connectivity index (χ0) is 14.5. The summed E-state index contributed by atoms with van der Waals surface area (Å²) < 4.78 is 0. The van der Waals surface area contributed by atoms with Crippen LogP contribution in [0.5, 0.6) is 0 Å². The average Bonchev–Trinajstić information content (AvgIpc) is 2.40. The number of nitrogens with zero attached hydrogens (tertiary/aromatic N) is 2. The molecule has 104 valence electrons. The van der Waals surface area contributed by atoms with Crippen molar-refractivity contribution in [1.29, 1.82) is 0 Å². The first-order valence-electron chi connectivity index (χ1n) is 6.45. The quantitative estimate of drug-likeness (QED) is 0.875. The van der Waals surface area contributed by atoms with E-state index >= 15 is 0 Å². The van der Waals surface area contributed by atoms with Crippen molar-refractivity contribution in [3.8, 4) is 0 Å². The van der Waals surface area contributed by atoms with E-state index in [0.717, 1.165) is 22.0 Å². The smallest absolute Gasteiger partial charge is 0.274 e. The van der Waals surface area contributed by atoms with Crippen LogP contribution in [0.3, 0.4) is 0 Å². The number of anilines is 1. The molecule has 0 saturated carbocycles. The number of amides is 1. The predicted octanol–water partition coefficient (Wildman–Crippen LogP) is 3.46. The molecular weight excluding hydrogens is 270 g/mol. The van der Waals surface area contributed by atoms with E-state index < -0.39 is 0 Å². The number of nitrogens with one attached hydrogen (secondary N) is 1. The van der Waals surface area contributed by atoms with Crippen molar-refractivity contribution in [3.63, 3.8) is 0 Å². The zero-order valence-corrected chi connectivity index (χ0v) is 12.6. The van der Waals surface area contributed by atoms with Gasteiger partial charge in [0.25, 0.3) is 5.91 Å². The van der Waals surface area contributed by atoms with Crippen LogP contribution < -0.4 is 5.32 Å². The fourth-order valence-electron chi connectivity index (χ4n) is 1.87. The lowest BCUT2D eigenvalue weighted by atomic mass is 10.2. The fourth-order valence-corrected chi connectivity index (χ4v) is 2.63. The van der Waals surface area contributed by atoms with Gasteiger partial charge in [-0.05, 0) is 37.8 Å². The number of aryl methyl sites for hydroxylation is 2. The molecule has 0 fully saturated rings. The van der Waals surface area contributed by atoms with Crippen LogP contribution in [0.1, 0.15) is 28.9 Å². The van der Waals surface area contributed by atoms with Crippen LogP contribution >= 0.6 is 11.8 Å². The van der Waals surface area contributed by atoms with Gasteiger partial charge in [0.2, 0.25) is 0 Å². The monoisotopic (exact) mass is 287 g/mol. The summed E-state index contributed by atoms with van der Waals surface area (Å²) in [6.07, 6.45) is 0. The van der Waals surface area contributed by atoms with E-state index in [4.69, 9.17) is 0 Å². The summed E-state index contributed by atoms with van der Waals surface area (Å²) in [4.78, 5) is 21.7. The van der Waals surface area contributed by atoms with E-state index in [-0.39, 0.29) is 5.91 Å². The Morgan fingerprint density at radius 3 is 2.70 bits per heavy atom. The number of hydrogen-bond acceptors (Lipinski definition) is 4. The molecule has 1 N–H and O–H groups in total. The molecular formula is C15H17N3OS. The highest BCUT2D eigenvalue weighted by Gasteiger charge is 2.11. The zero-order valence-electron chi connectivity index (χ0n) is 11.8. The molecule has 1 heterocycles. The fraction of sp³-hybridized carbons (Fsp3) is 0.267. The highest BCUT2D eigenvalue weighted by molar-refractivity contribution is 7.99. The molecule has 0 atom stereocenters. The van der Waals surface area contributed by atoms with Crippen molar-refractivity contribution < 1.29 is 4.79 Å². The van der Waals surface area contributed by atoms with Crippen LogP contribution in [-0.4, -0.2) is 21.6 Å². The van der Waals surface area contributed by atoms with Crippen molar-refractivity contribution in [2.24, 2.45) is 0 Å². The summed E-state index contributed by atoms with van der Waals surface area (Å²) in [6.45, 7) is 5.72. The molecule has 0 aliphatic heterocycles. The topological polar surface area (TPSA) is 54.9 Å². The molecule has 4 nitrogen and oxygen atoms in total. The maximum atomic E-state index is 12.3. The van der Waals surface area contributed by atoms with E-state index in [9.17, 15) is 4.79 Å². The number of para-hydroxylation sites is 1. The number of carbonyl (C=O) groups is 1. The van der Waals surface area contributed by atoms with Gasteiger partial charge in [0.05, 0.1) is 5.69 Å². The van der Waals surface area contributed by atoms with Gasteiger partial charge >= 0.3 is 0 Å². The third kappa shape index (κ3) is 3.57. The summed E-state index contributed by atoms with van der Waals surface area (Å²) >= 11 is 1.70. The highest BCUT2D eigenvalue weighted by Crippen LogP contribution is 2.26. The van der Waals surface area contributed by atoms with Crippen molar-refractivity contribution in [3.05, 3.63) is 47.5 Å². The number of carbonyl (C=O) groups excluding carboxylic acids is 1. The van der Waals surface area contributed by atoms with E-state index in [2.05, 4.69) is 22.2 Å². The summed E-state index contributed by atoms with van der Waals surface area (Å²) in [5.74, 6) is 1.35. The molecule has 2 rings (SSSR count). The van der Waals surface area contributed by atoms with Crippen LogP contribution in [0.4, 0.5) is 5.69 Å². The van der Waals surface area contributed by atoms with E-state index in [1.807, 2.05) is 31.2 Å². The molecule has 2 aromatic rings. The Morgan fingerprint density at radius 2 is 2.00 bits per heavy atom. The minimum Gasteiger partial charge on any atom is -0.320 e. The summed E-state index contributed by atoms with van der Waals surface area (Å²) in [5, 5.41) is 2.92. The number of thioether (sulfide) groups is 1. The summed E-state index contributed by atoms with van der Waals surface area (Å²) in [7, 11) is 0. The van der Waals surface area contributed by atoms with Gasteiger partial charge < -0.3 is 5.32 Å². The van der Waals surface area contributed by atoms with Gasteiger partial charge in [-0.25, -0.2) is 9.97 Å². The van der Waals surface area contributed by atoms with Crippen LogP contribution in [0.15, 0.2) is 35.2 Å². The molecule has 1 aromatic heterocycles. The first kappa shape index (κ1) is 14.5. The molecule has 0 saturated heterocycles. The lowest BCUT2D eigenvalue weighted by Gasteiger charge is -2.10. The highest BCUT2D eigenvalue weighted by atomic mass is 32.2. The largest absolute Gasteiger partial charge is 0.320 e. The molecule has 1 aromatic carbocycles. The Labute approximate surface area is 123 Å². The Kier molecular flexibility index (Phi) is 4.74. The maximum Gasteiger partial charge on any atom is 0.274 e. The molecule has 0 bridgehead atoms. The Bertz CT molecular complexity index is 608. The molecule has 5 heteroatoms. The van der Waals surface area contributed by atoms with Crippen molar-refractivity contribution in [1.82, 2.24) is 9.97 Å².